The van der Waals surface area contributed by atoms with Gasteiger partial charge in [0.15, 0.2) is 0 Å². The predicted octanol–water partition coefficient (Wildman–Crippen LogP) is 2.43. The minimum atomic E-state index is -1.40. The van der Waals surface area contributed by atoms with Gasteiger partial charge in [-0.15, -0.1) is 0 Å². The largest absolute Gasteiger partial charge is 0.477 e. The van der Waals surface area contributed by atoms with Gasteiger partial charge in [-0.3, -0.25) is 4.79 Å². The van der Waals surface area contributed by atoms with E-state index in [2.05, 4.69) is 0 Å². The second kappa shape index (κ2) is 4.13. The molecule has 1 saturated carbocycles. The van der Waals surface area contributed by atoms with E-state index in [1.54, 1.807) is 0 Å². The van der Waals surface area contributed by atoms with Gasteiger partial charge in [-0.1, -0.05) is 0 Å². The zero-order chi connectivity index (χ0) is 14.6. The first-order valence-electron chi connectivity index (χ1n) is 6.12. The van der Waals surface area contributed by atoms with E-state index in [0.717, 1.165) is 12.3 Å². The van der Waals surface area contributed by atoms with Gasteiger partial charge in [0.1, 0.15) is 17.6 Å². The molecule has 3 rings (SSSR count). The fourth-order valence-electron chi connectivity index (χ4n) is 2.34. The van der Waals surface area contributed by atoms with E-state index < -0.39 is 35.0 Å². The van der Waals surface area contributed by atoms with Gasteiger partial charge in [-0.25, -0.2) is 13.6 Å². The third-order valence-electron chi connectivity index (χ3n) is 3.58. The molecule has 1 N–H and O–H groups in total. The first-order valence-corrected chi connectivity index (χ1v) is 6.12. The number of hydrogen-bond donors (Lipinski definition) is 1. The van der Waals surface area contributed by atoms with E-state index in [1.807, 2.05) is 0 Å². The minimum absolute atomic E-state index is 0.0351. The van der Waals surface area contributed by atoms with E-state index in [9.17, 15) is 18.4 Å². The highest BCUT2D eigenvalue weighted by atomic mass is 19.1. The van der Waals surface area contributed by atoms with Crippen LogP contribution >= 0.6 is 0 Å². The van der Waals surface area contributed by atoms with Gasteiger partial charge in [-0.05, 0) is 24.6 Å². The summed E-state index contributed by atoms with van der Waals surface area (Å²) in [5.41, 5.74) is -0.535. The number of nitrogens with zero attached hydrogens (tertiary/aromatic N) is 1. The zero-order valence-corrected chi connectivity index (χ0v) is 10.6. The van der Waals surface area contributed by atoms with Crippen molar-refractivity contribution in [2.75, 3.05) is 0 Å². The molecule has 1 fully saturated rings. The minimum Gasteiger partial charge on any atom is -0.477 e. The quantitative estimate of drug-likeness (QED) is 0.918. The van der Waals surface area contributed by atoms with Crippen molar-refractivity contribution >= 4 is 16.9 Å². The molecule has 6 heteroatoms. The molecular formula is C14H11F2NO3. The van der Waals surface area contributed by atoms with Gasteiger partial charge >= 0.3 is 5.97 Å². The van der Waals surface area contributed by atoms with E-state index in [4.69, 9.17) is 5.11 Å². The fourth-order valence-corrected chi connectivity index (χ4v) is 2.34. The standard InChI is InChI=1S/C14H11F2NO3/c1-6-2-11-7(3-9(6)15)13(18)8(14(19)20)5-17(11)12-4-10(12)16/h2-3,5,10,12H,4H2,1H3,(H,19,20). The molecule has 104 valence electrons. The van der Waals surface area contributed by atoms with Crippen LogP contribution in [-0.4, -0.2) is 21.8 Å². The number of carboxylic acid groups (broad SMARTS) is 1. The number of halogens is 2. The average molecular weight is 279 g/mol. The van der Waals surface area contributed by atoms with Gasteiger partial charge in [0, 0.05) is 18.0 Å². The summed E-state index contributed by atoms with van der Waals surface area (Å²) < 4.78 is 28.3. The average Bonchev–Trinajstić information content (AvgIpc) is 3.09. The first kappa shape index (κ1) is 12.8. The summed E-state index contributed by atoms with van der Waals surface area (Å²) >= 11 is 0. The van der Waals surface area contributed by atoms with E-state index >= 15 is 0 Å². The molecule has 1 aromatic carbocycles. The van der Waals surface area contributed by atoms with Crippen LogP contribution < -0.4 is 5.43 Å². The smallest absolute Gasteiger partial charge is 0.341 e. The maximum atomic E-state index is 13.6. The number of carboxylic acids is 1. The van der Waals surface area contributed by atoms with Crippen LogP contribution in [0.3, 0.4) is 0 Å². The van der Waals surface area contributed by atoms with Crippen molar-refractivity contribution < 1.29 is 18.7 Å². The number of carbonyl (C=O) groups is 1. The van der Waals surface area contributed by atoms with Crippen molar-refractivity contribution in [3.8, 4) is 0 Å². The third kappa shape index (κ3) is 1.79. The van der Waals surface area contributed by atoms with Crippen LogP contribution in [0.5, 0.6) is 0 Å². The maximum absolute atomic E-state index is 13.6. The van der Waals surface area contributed by atoms with Crippen molar-refractivity contribution in [2.24, 2.45) is 0 Å². The Bertz CT molecular complexity index is 797. The highest BCUT2D eigenvalue weighted by Gasteiger charge is 2.40. The van der Waals surface area contributed by atoms with Crippen LogP contribution in [0.4, 0.5) is 8.78 Å². The Kier molecular flexibility index (Phi) is 2.64. The summed E-state index contributed by atoms with van der Waals surface area (Å²) in [5.74, 6) is -1.99. The van der Waals surface area contributed by atoms with E-state index in [-0.39, 0.29) is 11.8 Å². The molecule has 1 aromatic heterocycles. The Morgan fingerprint density at radius 3 is 2.65 bits per heavy atom. The lowest BCUT2D eigenvalue weighted by Gasteiger charge is -2.12. The Hall–Kier alpha value is -2.24. The molecule has 1 aliphatic carbocycles. The maximum Gasteiger partial charge on any atom is 0.341 e. The number of benzene rings is 1. The van der Waals surface area contributed by atoms with Gasteiger partial charge in [0.05, 0.1) is 11.6 Å². The Morgan fingerprint density at radius 1 is 1.45 bits per heavy atom. The predicted molar refractivity (Wildman–Crippen MR) is 68.4 cm³/mol. The summed E-state index contributed by atoms with van der Waals surface area (Å²) in [5, 5.41) is 9.01. The molecule has 0 spiro atoms. The molecule has 4 nitrogen and oxygen atoms in total. The van der Waals surface area contributed by atoms with E-state index in [1.165, 1.54) is 17.6 Å². The Balaban J connectivity index is 2.41. The van der Waals surface area contributed by atoms with Crippen LogP contribution in [0.15, 0.2) is 23.1 Å². The molecule has 0 radical (unpaired) electrons. The summed E-state index contributed by atoms with van der Waals surface area (Å²) in [4.78, 5) is 23.1. The number of alkyl halides is 1. The SMILES string of the molecule is Cc1cc2c(cc1F)c(=O)c(C(=O)O)cn2C1CC1F. The molecule has 0 bridgehead atoms. The van der Waals surface area contributed by atoms with Gasteiger partial charge in [0.2, 0.25) is 5.43 Å². The lowest BCUT2D eigenvalue weighted by Crippen LogP contribution is -2.19. The van der Waals surface area contributed by atoms with Crippen LogP contribution in [0.25, 0.3) is 10.9 Å². The second-order valence-electron chi connectivity index (χ2n) is 5.02. The number of aryl methyl sites for hydroxylation is 1. The molecule has 2 atom stereocenters. The summed E-state index contributed by atoms with van der Waals surface area (Å²) in [7, 11) is 0. The molecule has 20 heavy (non-hydrogen) atoms. The monoisotopic (exact) mass is 279 g/mol. The van der Waals surface area contributed by atoms with E-state index in [0.29, 0.717) is 11.1 Å². The zero-order valence-electron chi connectivity index (χ0n) is 10.6. The number of rotatable bonds is 2. The number of pyridine rings is 1. The van der Waals surface area contributed by atoms with Crippen molar-refractivity contribution in [1.29, 1.82) is 0 Å². The lowest BCUT2D eigenvalue weighted by atomic mass is 10.1. The van der Waals surface area contributed by atoms with Gasteiger partial charge in [-0.2, -0.15) is 0 Å². The molecule has 0 aliphatic heterocycles. The van der Waals surface area contributed by atoms with Crippen molar-refractivity contribution in [2.45, 2.75) is 25.6 Å². The summed E-state index contributed by atoms with van der Waals surface area (Å²) in [6, 6.07) is 1.98. The first-order chi connectivity index (χ1) is 9.40. The number of aromatic carboxylic acids is 1. The number of aromatic nitrogens is 1. The molecule has 0 saturated heterocycles. The molecule has 1 aliphatic rings. The highest BCUT2D eigenvalue weighted by molar-refractivity contribution is 5.92. The molecule has 1 heterocycles. The van der Waals surface area contributed by atoms with Crippen LogP contribution in [-0.2, 0) is 0 Å². The number of hydrogen-bond acceptors (Lipinski definition) is 2. The van der Waals surface area contributed by atoms with Crippen LogP contribution in [0, 0.1) is 12.7 Å². The summed E-state index contributed by atoms with van der Waals surface area (Å²) in [6.07, 6.45) is 0.356. The van der Waals surface area contributed by atoms with Crippen molar-refractivity contribution in [1.82, 2.24) is 4.57 Å². The normalized spacial score (nSPS) is 21.1. The van der Waals surface area contributed by atoms with Gasteiger partial charge in [0.25, 0.3) is 0 Å². The second-order valence-corrected chi connectivity index (χ2v) is 5.02. The van der Waals surface area contributed by atoms with Crippen LogP contribution in [0.2, 0.25) is 0 Å². The third-order valence-corrected chi connectivity index (χ3v) is 3.58. The molecule has 2 aromatic rings. The van der Waals surface area contributed by atoms with Gasteiger partial charge < -0.3 is 9.67 Å². The van der Waals surface area contributed by atoms with Crippen molar-refractivity contribution in [3.05, 3.63) is 45.5 Å². The number of fused-ring (bicyclic) bond motifs is 1. The molecular weight excluding hydrogens is 268 g/mol. The topological polar surface area (TPSA) is 59.3 Å². The van der Waals surface area contributed by atoms with Crippen molar-refractivity contribution in [3.63, 3.8) is 0 Å². The Morgan fingerprint density at radius 2 is 2.10 bits per heavy atom. The van der Waals surface area contributed by atoms with Crippen LogP contribution in [0.1, 0.15) is 28.4 Å². The fraction of sp³-hybridized carbons (Fsp3) is 0.286. The lowest BCUT2D eigenvalue weighted by molar-refractivity contribution is 0.0694. The molecule has 0 amide bonds. The highest BCUT2D eigenvalue weighted by Crippen LogP contribution is 2.40. The molecule has 2 unspecified atom stereocenters. The summed E-state index contributed by atoms with van der Waals surface area (Å²) in [6.45, 7) is 1.54. The Labute approximate surface area is 112 Å².